The van der Waals surface area contributed by atoms with Gasteiger partial charge in [0.1, 0.15) is 24.2 Å². The number of hydrogen-bond donors (Lipinski definition) is 1. The Hall–Kier alpha value is -3.92. The van der Waals surface area contributed by atoms with E-state index in [0.29, 0.717) is 12.4 Å². The van der Waals surface area contributed by atoms with Gasteiger partial charge in [0, 0.05) is 12.6 Å². The number of anilines is 1. The van der Waals surface area contributed by atoms with Crippen LogP contribution in [0.4, 0.5) is 10.1 Å². The van der Waals surface area contributed by atoms with Gasteiger partial charge in [-0.2, -0.15) is 0 Å². The van der Waals surface area contributed by atoms with E-state index in [1.54, 1.807) is 31.2 Å². The number of halogens is 1. The lowest BCUT2D eigenvalue weighted by atomic mass is 10.1. The zero-order chi connectivity index (χ0) is 30.3. The summed E-state index contributed by atoms with van der Waals surface area (Å²) in [7, 11) is -4.29. The number of carbonyl (C=O) groups excluding carboxylic acids is 2. The highest BCUT2D eigenvalue weighted by Crippen LogP contribution is 2.27. The summed E-state index contributed by atoms with van der Waals surface area (Å²) in [5.74, 6) is -0.866. The molecule has 1 aliphatic carbocycles. The standard InChI is InChI=1S/C32H38FN3O5S/c1-4-41-29-17-15-28(16-18-29)36(42(39,40)30-19-13-26(33)14-20-30)22-31(37)35(21-25-11-9-23(2)10-12-25)24(3)32(38)34-27-7-5-6-8-27/h9-20,24,27H,4-8,21-22H2,1-3H3,(H,34,38)/t24-/m1/s1. The fourth-order valence-corrected chi connectivity index (χ4v) is 6.42. The van der Waals surface area contributed by atoms with Crippen molar-refractivity contribution in [3.05, 3.63) is 89.7 Å². The minimum Gasteiger partial charge on any atom is -0.494 e. The van der Waals surface area contributed by atoms with Crippen LogP contribution in [0.1, 0.15) is 50.7 Å². The van der Waals surface area contributed by atoms with Gasteiger partial charge in [0.25, 0.3) is 10.0 Å². The SMILES string of the molecule is CCOc1ccc(N(CC(=O)N(Cc2ccc(C)cc2)[C@H](C)C(=O)NC2CCCC2)S(=O)(=O)c2ccc(F)cc2)cc1. The Kier molecular flexibility index (Phi) is 10.2. The molecular formula is C32H38FN3O5S. The molecule has 0 heterocycles. The summed E-state index contributed by atoms with van der Waals surface area (Å²) in [5, 5.41) is 3.06. The maximum absolute atomic E-state index is 14.0. The number of aryl methyl sites for hydroxylation is 1. The van der Waals surface area contributed by atoms with Gasteiger partial charge in [-0.25, -0.2) is 12.8 Å². The zero-order valence-corrected chi connectivity index (χ0v) is 25.1. The molecule has 42 heavy (non-hydrogen) atoms. The van der Waals surface area contributed by atoms with E-state index >= 15 is 0 Å². The third-order valence-corrected chi connectivity index (χ3v) is 9.25. The van der Waals surface area contributed by atoms with Crippen LogP contribution in [0.3, 0.4) is 0 Å². The second kappa shape index (κ2) is 13.8. The zero-order valence-electron chi connectivity index (χ0n) is 24.3. The first-order valence-electron chi connectivity index (χ1n) is 14.2. The van der Waals surface area contributed by atoms with Crippen molar-refractivity contribution in [1.29, 1.82) is 0 Å². The summed E-state index contributed by atoms with van der Waals surface area (Å²) in [5.41, 5.74) is 2.09. The lowest BCUT2D eigenvalue weighted by Gasteiger charge is -2.32. The minimum atomic E-state index is -4.29. The normalized spacial score (nSPS) is 14.3. The van der Waals surface area contributed by atoms with Gasteiger partial charge in [0.2, 0.25) is 11.8 Å². The highest BCUT2D eigenvalue weighted by molar-refractivity contribution is 7.92. The summed E-state index contributed by atoms with van der Waals surface area (Å²) < 4.78 is 47.9. The van der Waals surface area contributed by atoms with E-state index in [9.17, 15) is 22.4 Å². The second-order valence-electron chi connectivity index (χ2n) is 10.6. The van der Waals surface area contributed by atoms with Crippen molar-refractivity contribution in [2.45, 2.75) is 70.0 Å². The predicted octanol–water partition coefficient (Wildman–Crippen LogP) is 5.20. The van der Waals surface area contributed by atoms with Gasteiger partial charge >= 0.3 is 0 Å². The van der Waals surface area contributed by atoms with Crippen molar-refractivity contribution < 1.29 is 27.1 Å². The highest BCUT2D eigenvalue weighted by atomic mass is 32.2. The van der Waals surface area contributed by atoms with Crippen molar-refractivity contribution in [2.75, 3.05) is 17.5 Å². The lowest BCUT2D eigenvalue weighted by Crippen LogP contribution is -2.52. The minimum absolute atomic E-state index is 0.0653. The Labute approximate surface area is 247 Å². The number of rotatable bonds is 12. The molecular weight excluding hydrogens is 557 g/mol. The summed E-state index contributed by atoms with van der Waals surface area (Å²) in [6, 6.07) is 17.6. The fourth-order valence-electron chi connectivity index (χ4n) is 5.00. The van der Waals surface area contributed by atoms with Gasteiger partial charge in [-0.1, -0.05) is 42.7 Å². The lowest BCUT2D eigenvalue weighted by molar-refractivity contribution is -0.139. The Morgan fingerprint density at radius 3 is 2.19 bits per heavy atom. The molecule has 10 heteroatoms. The Morgan fingerprint density at radius 2 is 1.60 bits per heavy atom. The van der Waals surface area contributed by atoms with Crippen LogP contribution >= 0.6 is 0 Å². The topological polar surface area (TPSA) is 96.0 Å². The third-order valence-electron chi connectivity index (χ3n) is 7.46. The second-order valence-corrected chi connectivity index (χ2v) is 12.4. The predicted molar refractivity (Wildman–Crippen MR) is 160 cm³/mol. The summed E-state index contributed by atoms with van der Waals surface area (Å²) in [6.07, 6.45) is 3.88. The van der Waals surface area contributed by atoms with E-state index in [1.807, 2.05) is 38.1 Å². The molecule has 1 saturated carbocycles. The van der Waals surface area contributed by atoms with Crippen molar-refractivity contribution in [3.8, 4) is 5.75 Å². The molecule has 1 aliphatic rings. The molecule has 0 saturated heterocycles. The number of ether oxygens (including phenoxy) is 1. The molecule has 1 atom stereocenters. The van der Waals surface area contributed by atoms with E-state index in [0.717, 1.165) is 53.2 Å². The van der Waals surface area contributed by atoms with Crippen LogP contribution in [0.5, 0.6) is 5.75 Å². The van der Waals surface area contributed by atoms with Gasteiger partial charge in [0.05, 0.1) is 17.2 Å². The molecule has 224 valence electrons. The molecule has 0 unspecified atom stereocenters. The van der Waals surface area contributed by atoms with Crippen LogP contribution in [0.2, 0.25) is 0 Å². The summed E-state index contributed by atoms with van der Waals surface area (Å²) in [4.78, 5) is 28.6. The third kappa shape index (κ3) is 7.67. The van der Waals surface area contributed by atoms with Crippen LogP contribution in [0.25, 0.3) is 0 Å². The Balaban J connectivity index is 1.68. The maximum atomic E-state index is 14.0. The number of carbonyl (C=O) groups is 2. The number of nitrogens with one attached hydrogen (secondary N) is 1. The average molecular weight is 596 g/mol. The molecule has 0 aliphatic heterocycles. The Bertz CT molecular complexity index is 1460. The molecule has 8 nitrogen and oxygen atoms in total. The van der Waals surface area contributed by atoms with E-state index in [-0.39, 0.29) is 29.1 Å². The van der Waals surface area contributed by atoms with Crippen LogP contribution in [-0.4, -0.2) is 50.4 Å². The van der Waals surface area contributed by atoms with Gasteiger partial charge in [-0.15, -0.1) is 0 Å². The van der Waals surface area contributed by atoms with E-state index in [1.165, 1.54) is 17.0 Å². The van der Waals surface area contributed by atoms with Crippen LogP contribution in [0, 0.1) is 12.7 Å². The largest absolute Gasteiger partial charge is 0.494 e. The highest BCUT2D eigenvalue weighted by Gasteiger charge is 2.33. The average Bonchev–Trinajstić information content (AvgIpc) is 3.49. The van der Waals surface area contributed by atoms with Crippen molar-refractivity contribution in [1.82, 2.24) is 10.2 Å². The number of hydrogen-bond acceptors (Lipinski definition) is 5. The molecule has 0 spiro atoms. The first-order chi connectivity index (χ1) is 20.1. The first kappa shape index (κ1) is 31.0. The van der Waals surface area contributed by atoms with Gasteiger partial charge in [-0.3, -0.25) is 13.9 Å². The molecule has 0 bridgehead atoms. The van der Waals surface area contributed by atoms with Crippen LogP contribution in [-0.2, 0) is 26.2 Å². The number of benzene rings is 3. The monoisotopic (exact) mass is 595 g/mol. The molecule has 4 rings (SSSR count). The first-order valence-corrected chi connectivity index (χ1v) is 15.7. The van der Waals surface area contributed by atoms with Crippen molar-refractivity contribution in [2.24, 2.45) is 0 Å². The molecule has 0 aromatic heterocycles. The molecule has 3 aromatic rings. The van der Waals surface area contributed by atoms with Gasteiger partial charge < -0.3 is 15.0 Å². The van der Waals surface area contributed by atoms with Crippen LogP contribution < -0.4 is 14.4 Å². The van der Waals surface area contributed by atoms with Crippen molar-refractivity contribution >= 4 is 27.5 Å². The van der Waals surface area contributed by atoms with Gasteiger partial charge in [-0.05, 0) is 87.7 Å². The molecule has 3 aromatic carbocycles. The van der Waals surface area contributed by atoms with E-state index in [4.69, 9.17) is 4.74 Å². The molecule has 1 fully saturated rings. The summed E-state index contributed by atoms with van der Waals surface area (Å²) in [6.45, 7) is 5.44. The number of sulfonamides is 1. The molecule has 0 radical (unpaired) electrons. The van der Waals surface area contributed by atoms with Gasteiger partial charge in [0.15, 0.2) is 0 Å². The molecule has 1 N–H and O–H groups in total. The van der Waals surface area contributed by atoms with Crippen molar-refractivity contribution in [3.63, 3.8) is 0 Å². The number of amides is 2. The quantitative estimate of drug-likeness (QED) is 0.310. The van der Waals surface area contributed by atoms with Crippen LogP contribution in [0.15, 0.2) is 77.7 Å². The smallest absolute Gasteiger partial charge is 0.264 e. The summed E-state index contributed by atoms with van der Waals surface area (Å²) >= 11 is 0. The number of nitrogens with zero attached hydrogens (tertiary/aromatic N) is 2. The maximum Gasteiger partial charge on any atom is 0.264 e. The van der Waals surface area contributed by atoms with E-state index in [2.05, 4.69) is 5.32 Å². The van der Waals surface area contributed by atoms with E-state index < -0.39 is 34.3 Å². The molecule has 2 amide bonds. The fraction of sp³-hybridized carbons (Fsp3) is 0.375. The Morgan fingerprint density at radius 1 is 0.976 bits per heavy atom.